The quantitative estimate of drug-likeness (QED) is 0.688. The molecule has 29 heavy (non-hydrogen) atoms. The lowest BCUT2D eigenvalue weighted by Crippen LogP contribution is -2.45. The Labute approximate surface area is 170 Å². The number of nitriles is 1. The summed E-state index contributed by atoms with van der Waals surface area (Å²) in [5.41, 5.74) is 3.70. The second-order valence-corrected chi connectivity index (χ2v) is 7.78. The molecule has 6 nitrogen and oxygen atoms in total. The number of fused-ring (bicyclic) bond motifs is 1. The Balaban J connectivity index is 1.61. The molecule has 1 aliphatic heterocycles. The molecule has 3 aromatic rings. The van der Waals surface area contributed by atoms with Gasteiger partial charge in [0.2, 0.25) is 0 Å². The van der Waals surface area contributed by atoms with Crippen molar-refractivity contribution in [1.29, 1.82) is 5.26 Å². The molecule has 1 aliphatic rings. The second kappa shape index (κ2) is 7.59. The van der Waals surface area contributed by atoms with Gasteiger partial charge in [-0.3, -0.25) is 4.79 Å². The molecule has 1 fully saturated rings. The van der Waals surface area contributed by atoms with E-state index in [0.717, 1.165) is 36.5 Å². The van der Waals surface area contributed by atoms with Gasteiger partial charge in [0.15, 0.2) is 0 Å². The van der Waals surface area contributed by atoms with Crippen LogP contribution in [0, 0.1) is 24.2 Å². The van der Waals surface area contributed by atoms with Crippen molar-refractivity contribution >= 4 is 16.7 Å². The third-order valence-corrected chi connectivity index (χ3v) is 5.66. The summed E-state index contributed by atoms with van der Waals surface area (Å²) in [5, 5.41) is 9.25. The first-order valence-corrected chi connectivity index (χ1v) is 9.85. The number of hydrogen-bond donors (Lipinski definition) is 0. The summed E-state index contributed by atoms with van der Waals surface area (Å²) in [5.74, 6) is 1.17. The molecule has 6 heteroatoms. The third-order valence-electron chi connectivity index (χ3n) is 5.66. The Morgan fingerprint density at radius 2 is 1.97 bits per heavy atom. The molecule has 3 heterocycles. The highest BCUT2D eigenvalue weighted by molar-refractivity contribution is 5.88. The minimum absolute atomic E-state index is 0.0790. The fraction of sp³-hybridized carbons (Fsp3) is 0.348. The molecule has 4 rings (SSSR count). The van der Waals surface area contributed by atoms with E-state index in [1.165, 1.54) is 5.56 Å². The topological polar surface area (TPSA) is 71.2 Å². The monoisotopic (exact) mass is 388 g/mol. The Morgan fingerprint density at radius 3 is 2.66 bits per heavy atom. The van der Waals surface area contributed by atoms with Gasteiger partial charge in [0.1, 0.15) is 29.1 Å². The van der Waals surface area contributed by atoms with Gasteiger partial charge in [-0.15, -0.1) is 0 Å². The minimum atomic E-state index is -0.0790. The smallest absolute Gasteiger partial charge is 0.252 e. The molecule has 148 valence electrons. The maximum absolute atomic E-state index is 12.5. The van der Waals surface area contributed by atoms with Gasteiger partial charge < -0.3 is 14.2 Å². The van der Waals surface area contributed by atoms with Gasteiger partial charge in [-0.05, 0) is 31.2 Å². The van der Waals surface area contributed by atoms with Crippen LogP contribution in [0.25, 0.3) is 11.0 Å². The summed E-state index contributed by atoms with van der Waals surface area (Å²) in [6.45, 7) is 5.76. The maximum Gasteiger partial charge on any atom is 0.252 e. The first-order valence-electron chi connectivity index (χ1n) is 9.85. The van der Waals surface area contributed by atoms with Gasteiger partial charge in [-0.1, -0.05) is 24.6 Å². The van der Waals surface area contributed by atoms with Crippen LogP contribution in [0.5, 0.6) is 5.75 Å². The lowest BCUT2D eigenvalue weighted by atomic mass is 9.95. The van der Waals surface area contributed by atoms with Crippen LogP contribution in [-0.2, 0) is 7.05 Å². The summed E-state index contributed by atoms with van der Waals surface area (Å²) >= 11 is 0. The zero-order valence-corrected chi connectivity index (χ0v) is 16.9. The predicted molar refractivity (Wildman–Crippen MR) is 113 cm³/mol. The summed E-state index contributed by atoms with van der Waals surface area (Å²) in [7, 11) is 1.73. The maximum atomic E-state index is 12.5. The van der Waals surface area contributed by atoms with E-state index in [-0.39, 0.29) is 17.6 Å². The Bertz CT molecular complexity index is 1140. The van der Waals surface area contributed by atoms with Crippen LogP contribution in [0.3, 0.4) is 0 Å². The van der Waals surface area contributed by atoms with Gasteiger partial charge in [0.25, 0.3) is 5.56 Å². The van der Waals surface area contributed by atoms with E-state index in [1.807, 2.05) is 12.1 Å². The zero-order chi connectivity index (χ0) is 20.5. The molecular weight excluding hydrogens is 364 g/mol. The van der Waals surface area contributed by atoms with E-state index in [9.17, 15) is 10.1 Å². The number of piperidine rings is 1. The van der Waals surface area contributed by atoms with Gasteiger partial charge in [0, 0.05) is 38.5 Å². The number of rotatable bonds is 3. The number of aryl methyl sites for hydroxylation is 2. The SMILES string of the molecule is Cc1ccc(O[C@H]2CCN(c3cc(=O)n(C)c4ccc(C#N)nc34)CC2C)cc1. The van der Waals surface area contributed by atoms with Crippen molar-refractivity contribution in [3.05, 3.63) is 64.1 Å². The van der Waals surface area contributed by atoms with Crippen LogP contribution in [0.15, 0.2) is 47.3 Å². The van der Waals surface area contributed by atoms with Gasteiger partial charge >= 0.3 is 0 Å². The lowest BCUT2D eigenvalue weighted by Gasteiger charge is -2.38. The fourth-order valence-corrected chi connectivity index (χ4v) is 3.92. The van der Waals surface area contributed by atoms with Crippen LogP contribution >= 0.6 is 0 Å². The number of aromatic nitrogens is 2. The van der Waals surface area contributed by atoms with Gasteiger partial charge in [0.05, 0.1) is 11.2 Å². The predicted octanol–water partition coefficient (Wildman–Crippen LogP) is 3.41. The van der Waals surface area contributed by atoms with E-state index < -0.39 is 0 Å². The summed E-state index contributed by atoms with van der Waals surface area (Å²) < 4.78 is 7.80. The summed E-state index contributed by atoms with van der Waals surface area (Å²) in [6.07, 6.45) is 0.971. The van der Waals surface area contributed by atoms with Crippen molar-refractivity contribution in [2.24, 2.45) is 13.0 Å². The van der Waals surface area contributed by atoms with E-state index in [0.29, 0.717) is 11.2 Å². The van der Waals surface area contributed by atoms with Crippen LogP contribution in [-0.4, -0.2) is 28.7 Å². The number of anilines is 1. The van der Waals surface area contributed by atoms with Crippen LogP contribution in [0.4, 0.5) is 5.69 Å². The molecule has 0 bridgehead atoms. The van der Waals surface area contributed by atoms with E-state index in [4.69, 9.17) is 4.74 Å². The molecule has 1 unspecified atom stereocenters. The third kappa shape index (κ3) is 3.68. The van der Waals surface area contributed by atoms with Crippen molar-refractivity contribution in [2.75, 3.05) is 18.0 Å². The molecule has 2 atom stereocenters. The molecule has 1 aromatic carbocycles. The first-order chi connectivity index (χ1) is 14.0. The number of ether oxygens (including phenoxy) is 1. The van der Waals surface area contributed by atoms with Crippen molar-refractivity contribution < 1.29 is 4.74 Å². The zero-order valence-electron chi connectivity index (χ0n) is 16.9. The summed E-state index contributed by atoms with van der Waals surface area (Å²) in [6, 6.07) is 15.3. The van der Waals surface area contributed by atoms with E-state index in [2.05, 4.69) is 41.9 Å². The highest BCUT2D eigenvalue weighted by Gasteiger charge is 2.29. The largest absolute Gasteiger partial charge is 0.490 e. The summed E-state index contributed by atoms with van der Waals surface area (Å²) in [4.78, 5) is 19.2. The highest BCUT2D eigenvalue weighted by Crippen LogP contribution is 2.30. The average molecular weight is 388 g/mol. The molecule has 0 amide bonds. The van der Waals surface area contributed by atoms with Crippen LogP contribution in [0.1, 0.15) is 24.6 Å². The molecule has 0 N–H and O–H groups in total. The Morgan fingerprint density at radius 1 is 1.21 bits per heavy atom. The molecule has 0 aliphatic carbocycles. The normalized spacial score (nSPS) is 19.2. The van der Waals surface area contributed by atoms with Crippen LogP contribution < -0.4 is 15.2 Å². The van der Waals surface area contributed by atoms with Gasteiger partial charge in [-0.25, -0.2) is 4.98 Å². The Hall–Kier alpha value is -3.33. The van der Waals surface area contributed by atoms with Gasteiger partial charge in [-0.2, -0.15) is 5.26 Å². The number of benzene rings is 1. The van der Waals surface area contributed by atoms with E-state index in [1.54, 1.807) is 29.8 Å². The van der Waals surface area contributed by atoms with Crippen molar-refractivity contribution in [1.82, 2.24) is 9.55 Å². The van der Waals surface area contributed by atoms with Crippen molar-refractivity contribution in [3.8, 4) is 11.8 Å². The standard InChI is InChI=1S/C23H24N4O2/c1-15-4-7-18(8-5-15)29-21-10-11-27(14-16(21)2)20-12-22(28)26(3)19-9-6-17(13-24)25-23(19)20/h4-9,12,16,21H,10-11,14H2,1-3H3/t16?,21-/m0/s1. The molecule has 0 saturated carbocycles. The first kappa shape index (κ1) is 19.0. The Kier molecular flexibility index (Phi) is 4.98. The average Bonchev–Trinajstić information content (AvgIpc) is 2.73. The number of pyridine rings is 2. The van der Waals surface area contributed by atoms with Crippen molar-refractivity contribution in [3.63, 3.8) is 0 Å². The minimum Gasteiger partial charge on any atom is -0.490 e. The van der Waals surface area contributed by atoms with E-state index >= 15 is 0 Å². The lowest BCUT2D eigenvalue weighted by molar-refractivity contribution is 0.121. The molecule has 2 aromatic heterocycles. The highest BCUT2D eigenvalue weighted by atomic mass is 16.5. The number of hydrogen-bond acceptors (Lipinski definition) is 5. The molecule has 1 saturated heterocycles. The molecule has 0 radical (unpaired) electrons. The number of nitrogens with zero attached hydrogens (tertiary/aromatic N) is 4. The second-order valence-electron chi connectivity index (χ2n) is 7.78. The molecule has 0 spiro atoms. The fourth-order valence-electron chi connectivity index (χ4n) is 3.92. The van der Waals surface area contributed by atoms with Crippen molar-refractivity contribution in [2.45, 2.75) is 26.4 Å². The van der Waals surface area contributed by atoms with Crippen LogP contribution in [0.2, 0.25) is 0 Å². The molecular formula is C23H24N4O2.